The molecule has 0 saturated heterocycles. The Balaban J connectivity index is 1.38. The number of fused-ring (bicyclic) bond motifs is 1. The zero-order valence-corrected chi connectivity index (χ0v) is 16.6. The van der Waals surface area contributed by atoms with Gasteiger partial charge in [-0.1, -0.05) is 30.7 Å². The maximum atomic E-state index is 12.2. The number of carbonyl (C=O) groups is 1. The second-order valence-corrected chi connectivity index (χ2v) is 6.98. The van der Waals surface area contributed by atoms with Crippen LogP contribution >= 0.6 is 11.6 Å². The molecule has 0 atom stereocenters. The van der Waals surface area contributed by atoms with Crippen molar-refractivity contribution < 1.29 is 13.9 Å². The molecule has 6 heteroatoms. The first-order valence-corrected chi connectivity index (χ1v) is 9.66. The van der Waals surface area contributed by atoms with Crippen molar-refractivity contribution in [3.63, 3.8) is 0 Å². The summed E-state index contributed by atoms with van der Waals surface area (Å²) in [6.07, 6.45) is 0.920. The van der Waals surface area contributed by atoms with E-state index < -0.39 is 0 Å². The van der Waals surface area contributed by atoms with Gasteiger partial charge >= 0.3 is 0 Å². The van der Waals surface area contributed by atoms with E-state index in [1.165, 1.54) is 5.56 Å². The summed E-state index contributed by atoms with van der Waals surface area (Å²) in [5.74, 6) is 0.960. The van der Waals surface area contributed by atoms with Crippen LogP contribution in [0.3, 0.4) is 0 Å². The van der Waals surface area contributed by atoms with Crippen LogP contribution in [0, 0.1) is 0 Å². The molecule has 4 aromatic rings. The summed E-state index contributed by atoms with van der Waals surface area (Å²) in [7, 11) is 0. The Hall–Kier alpha value is -3.31. The molecule has 146 valence electrons. The van der Waals surface area contributed by atoms with Gasteiger partial charge in [0.15, 0.2) is 12.2 Å². The number of hydrogen-bond acceptors (Lipinski definition) is 4. The predicted molar refractivity (Wildman–Crippen MR) is 114 cm³/mol. The SMILES string of the molecule is CCc1cccc(OCC(=O)Nc2ccc(-c3nc4cc(Cl)ccc4o3)cc2)c1. The summed E-state index contributed by atoms with van der Waals surface area (Å²) in [6, 6.07) is 20.3. The quantitative estimate of drug-likeness (QED) is 0.444. The van der Waals surface area contributed by atoms with Crippen LogP contribution in [0.25, 0.3) is 22.6 Å². The molecule has 1 aromatic heterocycles. The topological polar surface area (TPSA) is 64.4 Å². The lowest BCUT2D eigenvalue weighted by atomic mass is 10.2. The lowest BCUT2D eigenvalue weighted by molar-refractivity contribution is -0.118. The van der Waals surface area contributed by atoms with E-state index in [4.69, 9.17) is 20.8 Å². The van der Waals surface area contributed by atoms with Crippen LogP contribution in [0.4, 0.5) is 5.69 Å². The summed E-state index contributed by atoms with van der Waals surface area (Å²) in [6.45, 7) is 2.02. The number of carbonyl (C=O) groups excluding carboxylic acids is 1. The average Bonchev–Trinajstić information content (AvgIpc) is 3.16. The molecule has 5 nitrogen and oxygen atoms in total. The van der Waals surface area contributed by atoms with E-state index in [2.05, 4.69) is 17.2 Å². The number of anilines is 1. The van der Waals surface area contributed by atoms with Crippen molar-refractivity contribution in [3.8, 4) is 17.2 Å². The molecule has 29 heavy (non-hydrogen) atoms. The Kier molecular flexibility index (Phi) is 5.49. The Morgan fingerprint density at radius 1 is 1.10 bits per heavy atom. The number of aryl methyl sites for hydroxylation is 1. The minimum Gasteiger partial charge on any atom is -0.484 e. The third-order valence-electron chi connectivity index (χ3n) is 4.44. The van der Waals surface area contributed by atoms with E-state index in [1.54, 1.807) is 30.3 Å². The number of aromatic nitrogens is 1. The van der Waals surface area contributed by atoms with Crippen molar-refractivity contribution in [3.05, 3.63) is 77.3 Å². The second kappa shape index (κ2) is 8.37. The van der Waals surface area contributed by atoms with Gasteiger partial charge in [-0.2, -0.15) is 0 Å². The molecule has 0 fully saturated rings. The van der Waals surface area contributed by atoms with Crippen molar-refractivity contribution in [2.45, 2.75) is 13.3 Å². The van der Waals surface area contributed by atoms with Gasteiger partial charge in [0.25, 0.3) is 5.91 Å². The van der Waals surface area contributed by atoms with Gasteiger partial charge in [0, 0.05) is 16.3 Å². The number of nitrogens with one attached hydrogen (secondary N) is 1. The summed E-state index contributed by atoms with van der Waals surface area (Å²) in [5.41, 5.74) is 4.02. The number of benzene rings is 3. The van der Waals surface area contributed by atoms with E-state index in [-0.39, 0.29) is 12.5 Å². The minimum absolute atomic E-state index is 0.0548. The van der Waals surface area contributed by atoms with Gasteiger partial charge in [-0.05, 0) is 66.6 Å². The largest absolute Gasteiger partial charge is 0.484 e. The third-order valence-corrected chi connectivity index (χ3v) is 4.68. The Morgan fingerprint density at radius 3 is 2.72 bits per heavy atom. The first-order valence-electron chi connectivity index (χ1n) is 9.29. The molecule has 0 spiro atoms. The van der Waals surface area contributed by atoms with Gasteiger partial charge in [-0.15, -0.1) is 0 Å². The van der Waals surface area contributed by atoms with Crippen molar-refractivity contribution >= 4 is 34.3 Å². The Morgan fingerprint density at radius 2 is 1.93 bits per heavy atom. The number of hydrogen-bond donors (Lipinski definition) is 1. The lowest BCUT2D eigenvalue weighted by Gasteiger charge is -2.08. The molecule has 1 N–H and O–H groups in total. The second-order valence-electron chi connectivity index (χ2n) is 6.55. The Bertz CT molecular complexity index is 1150. The normalized spacial score (nSPS) is 10.8. The number of nitrogens with zero attached hydrogens (tertiary/aromatic N) is 1. The molecular weight excluding hydrogens is 388 g/mol. The van der Waals surface area contributed by atoms with Gasteiger partial charge in [0.2, 0.25) is 5.89 Å². The highest BCUT2D eigenvalue weighted by Gasteiger charge is 2.10. The average molecular weight is 407 g/mol. The first kappa shape index (κ1) is 19.0. The third kappa shape index (κ3) is 4.58. The molecule has 3 aromatic carbocycles. The van der Waals surface area contributed by atoms with Gasteiger partial charge in [0.05, 0.1) is 0 Å². The molecule has 0 aliphatic heterocycles. The first-order chi connectivity index (χ1) is 14.1. The van der Waals surface area contributed by atoms with Gasteiger partial charge in [-0.25, -0.2) is 4.98 Å². The molecular formula is C23H19ClN2O3. The van der Waals surface area contributed by atoms with E-state index >= 15 is 0 Å². The molecule has 0 unspecified atom stereocenters. The molecule has 1 amide bonds. The molecule has 1 heterocycles. The maximum Gasteiger partial charge on any atom is 0.262 e. The van der Waals surface area contributed by atoms with Crippen LogP contribution in [-0.4, -0.2) is 17.5 Å². The predicted octanol–water partition coefficient (Wildman–Crippen LogP) is 5.73. The van der Waals surface area contributed by atoms with Crippen molar-refractivity contribution in [2.75, 3.05) is 11.9 Å². The standard InChI is InChI=1S/C23H19ClN2O3/c1-2-15-4-3-5-19(12-15)28-14-22(27)25-18-9-6-16(7-10-18)23-26-20-13-17(24)8-11-21(20)29-23/h3-13H,2,14H2,1H3,(H,25,27). The maximum absolute atomic E-state index is 12.2. The fraction of sp³-hybridized carbons (Fsp3) is 0.130. The van der Waals surface area contributed by atoms with Crippen LogP contribution in [-0.2, 0) is 11.2 Å². The zero-order valence-electron chi connectivity index (χ0n) is 15.8. The van der Waals surface area contributed by atoms with E-state index in [0.29, 0.717) is 33.4 Å². The van der Waals surface area contributed by atoms with Crippen LogP contribution in [0.15, 0.2) is 71.1 Å². The summed E-state index contributed by atoms with van der Waals surface area (Å²) < 4.78 is 11.3. The molecule has 0 saturated carbocycles. The number of halogens is 1. The summed E-state index contributed by atoms with van der Waals surface area (Å²) >= 11 is 5.99. The lowest BCUT2D eigenvalue weighted by Crippen LogP contribution is -2.20. The van der Waals surface area contributed by atoms with E-state index in [9.17, 15) is 4.79 Å². The fourth-order valence-electron chi connectivity index (χ4n) is 2.92. The minimum atomic E-state index is -0.226. The monoisotopic (exact) mass is 406 g/mol. The fourth-order valence-corrected chi connectivity index (χ4v) is 3.09. The number of oxazole rings is 1. The summed E-state index contributed by atoms with van der Waals surface area (Å²) in [4.78, 5) is 16.6. The van der Waals surface area contributed by atoms with Gasteiger partial charge in [-0.3, -0.25) is 4.79 Å². The molecule has 0 aliphatic carbocycles. The molecule has 4 rings (SSSR count). The smallest absolute Gasteiger partial charge is 0.262 e. The van der Waals surface area contributed by atoms with Crippen molar-refractivity contribution in [2.24, 2.45) is 0 Å². The van der Waals surface area contributed by atoms with Crippen LogP contribution in [0.1, 0.15) is 12.5 Å². The number of ether oxygens (including phenoxy) is 1. The van der Waals surface area contributed by atoms with Gasteiger partial charge in [0.1, 0.15) is 11.3 Å². The highest BCUT2D eigenvalue weighted by molar-refractivity contribution is 6.31. The van der Waals surface area contributed by atoms with Crippen LogP contribution in [0.5, 0.6) is 5.75 Å². The summed E-state index contributed by atoms with van der Waals surface area (Å²) in [5, 5.41) is 3.43. The van der Waals surface area contributed by atoms with Crippen LogP contribution in [0.2, 0.25) is 5.02 Å². The Labute approximate surface area is 173 Å². The van der Waals surface area contributed by atoms with Crippen molar-refractivity contribution in [1.82, 2.24) is 4.98 Å². The molecule has 0 bridgehead atoms. The highest BCUT2D eigenvalue weighted by atomic mass is 35.5. The molecule has 0 aliphatic rings. The molecule has 0 radical (unpaired) electrons. The number of amides is 1. The number of rotatable bonds is 6. The van der Waals surface area contributed by atoms with E-state index in [1.807, 2.05) is 36.4 Å². The van der Waals surface area contributed by atoms with E-state index in [0.717, 1.165) is 12.0 Å². The van der Waals surface area contributed by atoms with Crippen molar-refractivity contribution in [1.29, 1.82) is 0 Å². The van der Waals surface area contributed by atoms with Gasteiger partial charge < -0.3 is 14.5 Å². The highest BCUT2D eigenvalue weighted by Crippen LogP contribution is 2.27. The zero-order chi connectivity index (χ0) is 20.2. The van der Waals surface area contributed by atoms with Crippen LogP contribution < -0.4 is 10.1 Å².